The van der Waals surface area contributed by atoms with Crippen LogP contribution in [-0.4, -0.2) is 52.5 Å². The molecule has 3 N–H and O–H groups in total. The fourth-order valence-corrected chi connectivity index (χ4v) is 4.18. The van der Waals surface area contributed by atoms with E-state index in [-0.39, 0.29) is 5.69 Å². The zero-order chi connectivity index (χ0) is 24.8. The number of carbonyl (C=O) groups is 2. The Bertz CT molecular complexity index is 802. The van der Waals surface area contributed by atoms with E-state index < -0.39 is 36.0 Å². The first-order valence-corrected chi connectivity index (χ1v) is 11.2. The van der Waals surface area contributed by atoms with Gasteiger partial charge in [-0.2, -0.15) is 13.2 Å². The molecule has 33 heavy (non-hydrogen) atoms. The maximum atomic E-state index is 14.3. The lowest BCUT2D eigenvalue weighted by Crippen LogP contribution is -2.54. The third-order valence-corrected chi connectivity index (χ3v) is 6.39. The van der Waals surface area contributed by atoms with E-state index in [0.29, 0.717) is 24.9 Å². The number of halogens is 4. The molecule has 0 radical (unpaired) electrons. The largest absolute Gasteiger partial charge is 0.503 e. The highest BCUT2D eigenvalue weighted by molar-refractivity contribution is 5.95. The van der Waals surface area contributed by atoms with Crippen LogP contribution >= 0.6 is 0 Å². The van der Waals surface area contributed by atoms with Gasteiger partial charge in [-0.1, -0.05) is 26.3 Å². The van der Waals surface area contributed by atoms with Crippen molar-refractivity contribution >= 4 is 17.7 Å². The van der Waals surface area contributed by atoms with Crippen LogP contribution in [-0.2, 0) is 11.2 Å². The van der Waals surface area contributed by atoms with Gasteiger partial charge in [-0.3, -0.25) is 9.69 Å². The Morgan fingerprint density at radius 1 is 1.12 bits per heavy atom. The van der Waals surface area contributed by atoms with Crippen LogP contribution in [0.4, 0.5) is 28.0 Å². The molecule has 186 valence electrons. The number of amides is 1. The average Bonchev–Trinajstić information content (AvgIpc) is 3.54. The van der Waals surface area contributed by atoms with Gasteiger partial charge in [0.1, 0.15) is 11.9 Å². The second kappa shape index (κ2) is 11.7. The first kappa shape index (κ1) is 26.9. The van der Waals surface area contributed by atoms with Gasteiger partial charge in [-0.25, -0.2) is 9.18 Å². The van der Waals surface area contributed by atoms with E-state index in [9.17, 15) is 22.4 Å². The lowest BCUT2D eigenvalue weighted by Gasteiger charge is -2.39. The zero-order valence-corrected chi connectivity index (χ0v) is 18.9. The Morgan fingerprint density at radius 3 is 2.18 bits per heavy atom. The summed E-state index contributed by atoms with van der Waals surface area (Å²) >= 11 is 0. The molecule has 0 spiro atoms. The van der Waals surface area contributed by atoms with Crippen LogP contribution in [0.2, 0.25) is 0 Å². The third-order valence-electron chi connectivity index (χ3n) is 6.39. The number of alkyl halides is 3. The normalized spacial score (nSPS) is 19.2. The van der Waals surface area contributed by atoms with E-state index in [4.69, 9.17) is 15.0 Å². The van der Waals surface area contributed by atoms with Gasteiger partial charge in [0, 0.05) is 0 Å². The molecule has 1 aromatic carbocycles. The lowest BCUT2D eigenvalue weighted by atomic mass is 9.90. The Hall–Kier alpha value is -2.36. The summed E-state index contributed by atoms with van der Waals surface area (Å²) in [6.45, 7) is 4.00. The van der Waals surface area contributed by atoms with Gasteiger partial charge in [-0.15, -0.1) is 0 Å². The molecule has 0 aromatic heterocycles. The summed E-state index contributed by atoms with van der Waals surface area (Å²) in [4.78, 5) is 23.1. The molecule has 0 bridgehead atoms. The molecule has 10 heteroatoms. The molecule has 2 atom stereocenters. The van der Waals surface area contributed by atoms with Crippen molar-refractivity contribution in [1.82, 2.24) is 4.90 Å². The molecule has 0 unspecified atom stereocenters. The van der Waals surface area contributed by atoms with Gasteiger partial charge in [0.2, 0.25) is 5.91 Å². The maximum absolute atomic E-state index is 14.3. The summed E-state index contributed by atoms with van der Waals surface area (Å²) in [5, 5.41) is 16.4. The number of anilines is 1. The van der Waals surface area contributed by atoms with Crippen LogP contribution in [0.1, 0.15) is 51.5 Å². The Kier molecular flexibility index (Phi) is 9.51. The molecule has 1 aromatic rings. The van der Waals surface area contributed by atoms with Crippen LogP contribution in [0.25, 0.3) is 0 Å². The number of hydrogen-bond donors (Lipinski definition) is 3. The van der Waals surface area contributed by atoms with E-state index in [1.54, 1.807) is 17.0 Å². The predicted octanol–water partition coefficient (Wildman–Crippen LogP) is 5.63. The smallest absolute Gasteiger partial charge is 0.450 e. The summed E-state index contributed by atoms with van der Waals surface area (Å²) in [5.74, 6) is -2.18. The number of benzene rings is 1. The Balaban J connectivity index is 0.000000890. The minimum absolute atomic E-state index is 0.0315. The summed E-state index contributed by atoms with van der Waals surface area (Å²) < 4.78 is 54.8. The molecule has 6 nitrogen and oxygen atoms in total. The molecule has 1 saturated heterocycles. The van der Waals surface area contributed by atoms with E-state index in [1.165, 1.54) is 6.07 Å². The van der Waals surface area contributed by atoms with Crippen molar-refractivity contribution < 1.29 is 37.4 Å². The molecule has 2 fully saturated rings. The zero-order valence-electron chi connectivity index (χ0n) is 18.9. The number of rotatable bonds is 7. The van der Waals surface area contributed by atoms with Gasteiger partial charge in [0.05, 0.1) is 11.6 Å². The van der Waals surface area contributed by atoms with Crippen LogP contribution < -0.4 is 5.32 Å². The number of likely N-dealkylation sites (tertiary alicyclic amines) is 1. The Labute approximate surface area is 191 Å². The molecular weight excluding hydrogens is 444 g/mol. The number of nitrogens with one attached hydrogen (secondary N) is 1. The van der Waals surface area contributed by atoms with Gasteiger partial charge < -0.3 is 15.5 Å². The van der Waals surface area contributed by atoms with E-state index >= 15 is 0 Å². The molecule has 2 aliphatic rings. The van der Waals surface area contributed by atoms with Crippen molar-refractivity contribution in [3.8, 4) is 0 Å². The minimum Gasteiger partial charge on any atom is -0.450 e. The van der Waals surface area contributed by atoms with Crippen molar-refractivity contribution in [2.24, 2.45) is 17.8 Å². The van der Waals surface area contributed by atoms with E-state index in [0.717, 1.165) is 51.0 Å². The number of nitrogens with zero attached hydrogens (tertiary/aromatic N) is 1. The highest BCUT2D eigenvalue weighted by Crippen LogP contribution is 2.35. The number of carboxylic acid groups (broad SMARTS) is 2. The van der Waals surface area contributed by atoms with Crippen LogP contribution in [0.5, 0.6) is 0 Å². The first-order valence-electron chi connectivity index (χ1n) is 11.2. The fraction of sp³-hybridized carbons (Fsp3) is 0.652. The fourth-order valence-electron chi connectivity index (χ4n) is 4.18. The summed E-state index contributed by atoms with van der Waals surface area (Å²) in [7, 11) is 0. The maximum Gasteiger partial charge on any atom is 0.503 e. The van der Waals surface area contributed by atoms with Crippen LogP contribution in [0, 0.1) is 23.6 Å². The minimum atomic E-state index is -4.50. The third kappa shape index (κ3) is 8.49. The van der Waals surface area contributed by atoms with Crippen molar-refractivity contribution in [1.29, 1.82) is 0 Å². The molecule has 1 aliphatic heterocycles. The highest BCUT2D eigenvalue weighted by atomic mass is 19.4. The Morgan fingerprint density at radius 2 is 1.70 bits per heavy atom. The van der Waals surface area contributed by atoms with Crippen molar-refractivity contribution in [3.63, 3.8) is 0 Å². The molecular formula is C23H32F4N2O4. The van der Waals surface area contributed by atoms with Gasteiger partial charge >= 0.3 is 12.3 Å². The first-order chi connectivity index (χ1) is 15.4. The molecule has 1 aliphatic carbocycles. The molecule has 1 heterocycles. The second-order valence-electron chi connectivity index (χ2n) is 8.90. The van der Waals surface area contributed by atoms with E-state index in [1.807, 2.05) is 0 Å². The summed E-state index contributed by atoms with van der Waals surface area (Å²) in [6, 6.07) is 3.15. The predicted molar refractivity (Wildman–Crippen MR) is 116 cm³/mol. The number of hydrogen-bond acceptors (Lipinski definition) is 3. The average molecular weight is 477 g/mol. The lowest BCUT2D eigenvalue weighted by molar-refractivity contribution is -0.189. The number of piperidine rings is 1. The monoisotopic (exact) mass is 476 g/mol. The molecule has 3 rings (SSSR count). The van der Waals surface area contributed by atoms with Crippen molar-refractivity contribution in [2.45, 2.75) is 64.6 Å². The topological polar surface area (TPSA) is 89.9 Å². The standard InChI is InChI=1S/C22H30F4N2O.CH2O3/c1-3-15-8-10-28(11-9-15)20(14(2)22(24,25)26)21(29)27-19-13-17(6-7-18(19)23)12-16-4-5-16;2-1(3)4/h6-7,13-16,20H,3-5,8-12H2,1-2H3,(H,27,29);(H2,2,3,4)/t14-,20-;/m0./s1. The highest BCUT2D eigenvalue weighted by Gasteiger charge is 2.47. The second-order valence-corrected chi connectivity index (χ2v) is 8.90. The SMILES string of the molecule is CCC1CCN([C@H](C(=O)Nc2cc(CC3CC3)ccc2F)[C@H](C)C(F)(F)F)CC1.O=C(O)O. The van der Waals surface area contributed by atoms with Gasteiger partial charge in [0.15, 0.2) is 0 Å². The van der Waals surface area contributed by atoms with Gasteiger partial charge in [-0.05, 0) is 74.7 Å². The number of carbonyl (C=O) groups excluding carboxylic acids is 1. The van der Waals surface area contributed by atoms with Crippen molar-refractivity contribution in [3.05, 3.63) is 29.6 Å². The van der Waals surface area contributed by atoms with Crippen LogP contribution in [0.3, 0.4) is 0 Å². The summed E-state index contributed by atoms with van der Waals surface area (Å²) in [5.41, 5.74) is 0.865. The molecule has 1 saturated carbocycles. The quantitative estimate of drug-likeness (QED) is 0.444. The molecule has 1 amide bonds. The van der Waals surface area contributed by atoms with Crippen molar-refractivity contribution in [2.75, 3.05) is 18.4 Å². The van der Waals surface area contributed by atoms with Gasteiger partial charge in [0.25, 0.3) is 0 Å². The van der Waals surface area contributed by atoms with E-state index in [2.05, 4.69) is 12.2 Å². The van der Waals surface area contributed by atoms with Crippen LogP contribution in [0.15, 0.2) is 18.2 Å². The summed E-state index contributed by atoms with van der Waals surface area (Å²) in [6.07, 6.45) is -0.730.